The topological polar surface area (TPSA) is 66.5 Å². The van der Waals surface area contributed by atoms with E-state index < -0.39 is 0 Å². The van der Waals surface area contributed by atoms with Gasteiger partial charge < -0.3 is 11.7 Å². The SMILES string of the molecule is CC.C[CH-]CC(=O)N(C=O)CC(=O)NCCCC.[K+]. The van der Waals surface area contributed by atoms with Gasteiger partial charge in [-0.2, -0.15) is 6.92 Å². The standard InChI is InChI=1S/C11H19N2O3.C2H6.K/c1-3-5-7-12-10(15)8-13(9-14)11(16)6-4-2;1-2;/h4,9H,3,5-8H2,1-2H3,(H,12,15);1-2H3;/q-1;;+1. The van der Waals surface area contributed by atoms with Gasteiger partial charge in [-0.05, 0) is 6.42 Å². The van der Waals surface area contributed by atoms with Crippen LogP contribution in [0.4, 0.5) is 0 Å². The fourth-order valence-electron chi connectivity index (χ4n) is 1.09. The molecule has 0 unspecified atom stereocenters. The van der Waals surface area contributed by atoms with Gasteiger partial charge in [0.15, 0.2) is 5.91 Å². The number of rotatable bonds is 8. The Morgan fingerprint density at radius 2 is 1.89 bits per heavy atom. The summed E-state index contributed by atoms with van der Waals surface area (Å²) >= 11 is 0. The van der Waals surface area contributed by atoms with Gasteiger partial charge in [0.1, 0.15) is 6.54 Å². The molecular formula is C13H25KN2O3. The molecule has 0 saturated heterocycles. The number of unbranched alkanes of at least 4 members (excludes halogenated alkanes) is 1. The smallest absolute Gasteiger partial charge is 0.355 e. The second-order valence-corrected chi connectivity index (χ2v) is 3.44. The van der Waals surface area contributed by atoms with Gasteiger partial charge >= 0.3 is 51.4 Å². The van der Waals surface area contributed by atoms with E-state index in [1.165, 1.54) is 0 Å². The van der Waals surface area contributed by atoms with Crippen molar-refractivity contribution in [3.63, 3.8) is 0 Å². The van der Waals surface area contributed by atoms with E-state index >= 15 is 0 Å². The molecule has 106 valence electrons. The number of carbonyl (C=O) groups excluding carboxylic acids is 3. The third-order valence-corrected chi connectivity index (χ3v) is 1.99. The Morgan fingerprint density at radius 3 is 2.32 bits per heavy atom. The zero-order chi connectivity index (χ0) is 14.4. The van der Waals surface area contributed by atoms with Crippen molar-refractivity contribution in [2.45, 2.75) is 47.0 Å². The van der Waals surface area contributed by atoms with Crippen molar-refractivity contribution in [3.05, 3.63) is 6.42 Å². The van der Waals surface area contributed by atoms with Crippen LogP contribution in [-0.4, -0.2) is 36.2 Å². The minimum absolute atomic E-state index is 0. The first-order valence-corrected chi connectivity index (χ1v) is 6.45. The van der Waals surface area contributed by atoms with E-state index in [0.29, 0.717) is 13.0 Å². The molecule has 0 aliphatic heterocycles. The molecule has 5 nitrogen and oxygen atoms in total. The van der Waals surface area contributed by atoms with Crippen molar-refractivity contribution in [1.29, 1.82) is 0 Å². The summed E-state index contributed by atoms with van der Waals surface area (Å²) in [6, 6.07) is 0. The normalized spacial score (nSPS) is 8.42. The molecule has 1 N–H and O–H groups in total. The number of hydrogen-bond donors (Lipinski definition) is 1. The maximum atomic E-state index is 11.3. The van der Waals surface area contributed by atoms with Gasteiger partial charge in [-0.1, -0.05) is 33.6 Å². The van der Waals surface area contributed by atoms with Crippen LogP contribution in [0.15, 0.2) is 0 Å². The average Bonchev–Trinajstić information content (AvgIpc) is 2.39. The molecule has 0 aromatic heterocycles. The fraction of sp³-hybridized carbons (Fsp3) is 0.692. The van der Waals surface area contributed by atoms with Crippen LogP contribution in [0.2, 0.25) is 0 Å². The van der Waals surface area contributed by atoms with Gasteiger partial charge in [-0.3, -0.25) is 19.3 Å². The van der Waals surface area contributed by atoms with Crippen molar-refractivity contribution >= 4 is 18.2 Å². The molecule has 0 aromatic rings. The fourth-order valence-corrected chi connectivity index (χ4v) is 1.09. The molecule has 0 atom stereocenters. The van der Waals surface area contributed by atoms with Gasteiger partial charge in [0, 0.05) is 6.54 Å². The van der Waals surface area contributed by atoms with Crippen LogP contribution >= 0.6 is 0 Å². The number of nitrogens with one attached hydrogen (secondary N) is 1. The number of nitrogens with zero attached hydrogens (tertiary/aromatic N) is 1. The third kappa shape index (κ3) is 14.5. The quantitative estimate of drug-likeness (QED) is 0.257. The van der Waals surface area contributed by atoms with Crippen molar-refractivity contribution in [1.82, 2.24) is 10.2 Å². The molecule has 6 heteroatoms. The van der Waals surface area contributed by atoms with E-state index in [1.54, 1.807) is 13.3 Å². The molecule has 3 amide bonds. The molecule has 0 aliphatic carbocycles. The summed E-state index contributed by atoms with van der Waals surface area (Å²) in [6.45, 7) is 8.13. The Bertz CT molecular complexity index is 248. The molecule has 0 aromatic carbocycles. The Morgan fingerprint density at radius 1 is 1.32 bits per heavy atom. The summed E-state index contributed by atoms with van der Waals surface area (Å²) in [7, 11) is 0. The van der Waals surface area contributed by atoms with Gasteiger partial charge in [0.05, 0.1) is 0 Å². The molecule has 0 aliphatic rings. The molecule has 0 heterocycles. The third-order valence-electron chi connectivity index (χ3n) is 1.99. The van der Waals surface area contributed by atoms with Crippen molar-refractivity contribution in [2.24, 2.45) is 0 Å². The summed E-state index contributed by atoms with van der Waals surface area (Å²) in [6.07, 6.45) is 4.09. The van der Waals surface area contributed by atoms with E-state index in [4.69, 9.17) is 0 Å². The summed E-state index contributed by atoms with van der Waals surface area (Å²) in [5.74, 6) is -0.659. The molecule has 0 saturated carbocycles. The Hall–Kier alpha value is 0.246. The van der Waals surface area contributed by atoms with Crippen LogP contribution < -0.4 is 56.7 Å². The number of amides is 3. The molecular weight excluding hydrogens is 271 g/mol. The predicted molar refractivity (Wildman–Crippen MR) is 71.6 cm³/mol. The number of hydrogen-bond acceptors (Lipinski definition) is 3. The second-order valence-electron chi connectivity index (χ2n) is 3.44. The average molecular weight is 296 g/mol. The van der Waals surface area contributed by atoms with Crippen LogP contribution in [0.3, 0.4) is 0 Å². The largest absolute Gasteiger partial charge is 1.00 e. The maximum absolute atomic E-state index is 11.3. The molecule has 0 bridgehead atoms. The van der Waals surface area contributed by atoms with E-state index in [9.17, 15) is 14.4 Å². The monoisotopic (exact) mass is 296 g/mol. The van der Waals surface area contributed by atoms with Crippen LogP contribution in [-0.2, 0) is 14.4 Å². The van der Waals surface area contributed by atoms with Crippen LogP contribution in [0.1, 0.15) is 47.0 Å². The number of carbonyl (C=O) groups is 3. The Kier molecular flexibility index (Phi) is 23.3. The first kappa shape index (κ1) is 24.3. The molecule has 0 rings (SSSR count). The van der Waals surface area contributed by atoms with Gasteiger partial charge in [-0.25, -0.2) is 0 Å². The summed E-state index contributed by atoms with van der Waals surface area (Å²) in [5, 5.41) is 2.64. The van der Waals surface area contributed by atoms with Crippen molar-refractivity contribution in [2.75, 3.05) is 13.1 Å². The van der Waals surface area contributed by atoms with Gasteiger partial charge in [0.25, 0.3) is 0 Å². The van der Waals surface area contributed by atoms with Crippen LogP contribution in [0.25, 0.3) is 0 Å². The van der Waals surface area contributed by atoms with E-state index in [0.717, 1.165) is 17.7 Å². The molecule has 0 spiro atoms. The predicted octanol–water partition coefficient (Wildman–Crippen LogP) is -1.47. The number of imide groups is 1. The van der Waals surface area contributed by atoms with E-state index in [1.807, 2.05) is 20.8 Å². The summed E-state index contributed by atoms with van der Waals surface area (Å²) in [5.41, 5.74) is 0. The minimum Gasteiger partial charge on any atom is -0.355 e. The van der Waals surface area contributed by atoms with Gasteiger partial charge in [-0.15, -0.1) is 0 Å². The first-order valence-electron chi connectivity index (χ1n) is 6.45. The maximum Gasteiger partial charge on any atom is 1.00 e. The summed E-state index contributed by atoms with van der Waals surface area (Å²) in [4.78, 5) is 34.1. The zero-order valence-corrected chi connectivity index (χ0v) is 16.0. The second kappa shape index (κ2) is 18.2. The first-order chi connectivity index (χ1) is 8.65. The summed E-state index contributed by atoms with van der Waals surface area (Å²) < 4.78 is 0. The zero-order valence-electron chi connectivity index (χ0n) is 12.9. The van der Waals surface area contributed by atoms with Crippen LogP contribution in [0, 0.1) is 6.42 Å². The minimum atomic E-state index is -0.358. The van der Waals surface area contributed by atoms with E-state index in [-0.39, 0.29) is 76.2 Å². The van der Waals surface area contributed by atoms with Crippen molar-refractivity contribution in [3.8, 4) is 0 Å². The van der Waals surface area contributed by atoms with Crippen LogP contribution in [0.5, 0.6) is 0 Å². The van der Waals surface area contributed by atoms with Crippen molar-refractivity contribution < 1.29 is 65.8 Å². The molecule has 0 radical (unpaired) electrons. The molecule has 19 heavy (non-hydrogen) atoms. The van der Waals surface area contributed by atoms with E-state index in [2.05, 4.69) is 5.32 Å². The Balaban J connectivity index is -0.000000809. The van der Waals surface area contributed by atoms with Gasteiger partial charge in [0.2, 0.25) is 12.3 Å². The Labute approximate surface area is 159 Å². The molecule has 0 fully saturated rings.